The van der Waals surface area contributed by atoms with E-state index in [0.29, 0.717) is 19.3 Å². The van der Waals surface area contributed by atoms with Crippen molar-refractivity contribution < 1.29 is 19.1 Å². The largest absolute Gasteiger partial charge is 0.468 e. The third-order valence-corrected chi connectivity index (χ3v) is 7.41. The molecule has 1 aliphatic carbocycles. The molecule has 0 radical (unpaired) electrons. The van der Waals surface area contributed by atoms with Gasteiger partial charge in [0.2, 0.25) is 5.91 Å². The summed E-state index contributed by atoms with van der Waals surface area (Å²) in [4.78, 5) is 30.9. The van der Waals surface area contributed by atoms with Gasteiger partial charge in [-0.25, -0.2) is 4.79 Å². The van der Waals surface area contributed by atoms with E-state index in [-0.39, 0.29) is 11.9 Å². The Morgan fingerprint density at radius 1 is 1.18 bits per heavy atom. The lowest BCUT2D eigenvalue weighted by Crippen LogP contribution is -2.66. The zero-order valence-electron chi connectivity index (χ0n) is 15.9. The fourth-order valence-corrected chi connectivity index (χ4v) is 6.33. The Balaban J connectivity index is 1.75. The zero-order valence-corrected chi connectivity index (χ0v) is 15.9. The van der Waals surface area contributed by atoms with Gasteiger partial charge >= 0.3 is 6.09 Å². The molecule has 5 heterocycles. The normalized spacial score (nSPS) is 32.8. The van der Waals surface area contributed by atoms with E-state index in [0.717, 1.165) is 42.8 Å². The Kier molecular flexibility index (Phi) is 3.00. The van der Waals surface area contributed by atoms with Gasteiger partial charge in [0.25, 0.3) is 5.95 Å². The Labute approximate surface area is 163 Å². The van der Waals surface area contributed by atoms with Crippen LogP contribution in [0.5, 0.6) is 0 Å². The van der Waals surface area contributed by atoms with Gasteiger partial charge in [-0.3, -0.25) is 9.69 Å². The van der Waals surface area contributed by atoms with Crippen molar-refractivity contribution in [2.75, 3.05) is 25.1 Å². The van der Waals surface area contributed by atoms with Crippen molar-refractivity contribution in [2.45, 2.75) is 43.1 Å². The number of amides is 2. The zero-order chi connectivity index (χ0) is 19.1. The number of para-hydroxylation sites is 1. The van der Waals surface area contributed by atoms with Crippen molar-refractivity contribution in [3.8, 4) is 0 Å². The number of rotatable bonds is 1. The second-order valence-corrected chi connectivity index (χ2v) is 8.35. The first-order valence-electron chi connectivity index (χ1n) is 10.00. The van der Waals surface area contributed by atoms with Crippen LogP contribution in [-0.4, -0.2) is 42.6 Å². The first kappa shape index (κ1) is 16.2. The van der Waals surface area contributed by atoms with Gasteiger partial charge in [0.15, 0.2) is 0 Å². The Bertz CT molecular complexity index is 996. The van der Waals surface area contributed by atoms with E-state index in [1.165, 1.54) is 5.57 Å². The van der Waals surface area contributed by atoms with Crippen LogP contribution in [0.15, 0.2) is 47.4 Å². The first-order valence-corrected chi connectivity index (χ1v) is 10.00. The summed E-state index contributed by atoms with van der Waals surface area (Å²) >= 11 is 0. The highest BCUT2D eigenvalue weighted by Gasteiger charge is 2.73. The summed E-state index contributed by atoms with van der Waals surface area (Å²) in [7, 11) is 1.54. The number of methoxy groups -OCH3 is 1. The molecule has 0 unspecified atom stereocenters. The molecule has 1 aromatic carbocycles. The fraction of sp³-hybridized carbons (Fsp3) is 0.455. The van der Waals surface area contributed by atoms with Gasteiger partial charge in [0.1, 0.15) is 11.0 Å². The minimum absolute atomic E-state index is 0.142. The van der Waals surface area contributed by atoms with Crippen molar-refractivity contribution in [1.29, 1.82) is 0 Å². The molecule has 2 amide bonds. The number of nitrogens with zero attached hydrogens (tertiary/aromatic N) is 2. The predicted molar refractivity (Wildman–Crippen MR) is 102 cm³/mol. The number of cyclic esters (lactones) is 1. The third-order valence-electron chi connectivity index (χ3n) is 7.41. The van der Waals surface area contributed by atoms with E-state index in [1.807, 2.05) is 29.2 Å². The van der Waals surface area contributed by atoms with Crippen LogP contribution < -0.4 is 4.90 Å². The molecule has 7 rings (SSSR count). The minimum Gasteiger partial charge on any atom is -0.468 e. The molecule has 6 nitrogen and oxygen atoms in total. The maximum atomic E-state index is 14.0. The molecule has 4 bridgehead atoms. The van der Waals surface area contributed by atoms with E-state index in [4.69, 9.17) is 9.47 Å². The molecule has 6 heteroatoms. The van der Waals surface area contributed by atoms with Gasteiger partial charge < -0.3 is 14.4 Å². The van der Waals surface area contributed by atoms with E-state index in [9.17, 15) is 9.59 Å². The number of benzene rings is 1. The van der Waals surface area contributed by atoms with Crippen LogP contribution in [0.25, 0.3) is 0 Å². The topological polar surface area (TPSA) is 59.1 Å². The molecule has 144 valence electrons. The maximum absolute atomic E-state index is 14.0. The van der Waals surface area contributed by atoms with Gasteiger partial charge in [-0.2, -0.15) is 0 Å². The lowest BCUT2D eigenvalue weighted by molar-refractivity contribution is -0.134. The molecule has 0 saturated carbocycles. The second kappa shape index (κ2) is 5.19. The minimum atomic E-state index is -0.776. The fourth-order valence-electron chi connectivity index (χ4n) is 6.33. The number of anilines is 1. The number of hydrogen-bond acceptors (Lipinski definition) is 4. The van der Waals surface area contributed by atoms with Gasteiger partial charge in [0, 0.05) is 18.7 Å². The molecule has 2 saturated heterocycles. The Morgan fingerprint density at radius 2 is 2.04 bits per heavy atom. The van der Waals surface area contributed by atoms with Crippen LogP contribution in [0.1, 0.15) is 37.7 Å². The van der Waals surface area contributed by atoms with E-state index < -0.39 is 17.0 Å². The summed E-state index contributed by atoms with van der Waals surface area (Å²) in [6.07, 6.45) is 5.73. The summed E-state index contributed by atoms with van der Waals surface area (Å²) in [5.41, 5.74) is 2.48. The summed E-state index contributed by atoms with van der Waals surface area (Å²) in [6, 6.07) is 7.85. The molecule has 5 aliphatic heterocycles. The Morgan fingerprint density at radius 3 is 2.89 bits per heavy atom. The predicted octanol–water partition coefficient (Wildman–Crippen LogP) is 3.24. The Hall–Kier alpha value is -2.76. The molecule has 6 aliphatic rings. The van der Waals surface area contributed by atoms with Gasteiger partial charge in [-0.05, 0) is 43.7 Å². The molecule has 28 heavy (non-hydrogen) atoms. The number of allylic oxidation sites excluding steroid dienone is 1. The van der Waals surface area contributed by atoms with Gasteiger partial charge in [0.05, 0.1) is 12.8 Å². The molecule has 0 N–H and O–H groups in total. The van der Waals surface area contributed by atoms with Gasteiger partial charge in [-0.15, -0.1) is 0 Å². The quantitative estimate of drug-likeness (QED) is 0.704. The van der Waals surface area contributed by atoms with Crippen molar-refractivity contribution in [3.63, 3.8) is 0 Å². The maximum Gasteiger partial charge on any atom is 0.423 e. The molecule has 2 spiro atoms. The van der Waals surface area contributed by atoms with E-state index >= 15 is 0 Å². The van der Waals surface area contributed by atoms with Crippen molar-refractivity contribution in [3.05, 3.63) is 53.0 Å². The number of hydrogen-bond donors (Lipinski definition) is 0. The smallest absolute Gasteiger partial charge is 0.423 e. The van der Waals surface area contributed by atoms with E-state index in [1.54, 1.807) is 12.0 Å². The third kappa shape index (κ3) is 1.58. The van der Waals surface area contributed by atoms with Crippen molar-refractivity contribution >= 4 is 17.7 Å². The lowest BCUT2D eigenvalue weighted by Gasteiger charge is -2.52. The standard InChI is InChI=1S/C22H22N2O4/c1-27-18-16-13-14-5-4-11-23-12-10-21(19(23)25)15-6-2-3-7-17(15)24(20(26)28-18)22(16,21)9-8-14/h2-3,6-8H,4-5,9-13H2,1H3/t21-,22-/m1/s1. The van der Waals surface area contributed by atoms with E-state index in [2.05, 4.69) is 6.08 Å². The molecule has 2 atom stereocenters. The molecule has 1 aromatic rings. The number of carbonyl (C=O) groups is 2. The highest BCUT2D eigenvalue weighted by Crippen LogP contribution is 2.65. The molecule has 2 fully saturated rings. The van der Waals surface area contributed by atoms with Crippen molar-refractivity contribution in [2.24, 2.45) is 0 Å². The van der Waals surface area contributed by atoms with Crippen LogP contribution in [-0.2, 0) is 19.7 Å². The summed E-state index contributed by atoms with van der Waals surface area (Å²) in [5.74, 6) is 0.426. The first-order chi connectivity index (χ1) is 13.6. The number of fused-ring (bicyclic) bond motifs is 5. The molecule has 0 aromatic heterocycles. The van der Waals surface area contributed by atoms with Crippen LogP contribution in [0, 0.1) is 0 Å². The van der Waals surface area contributed by atoms with Gasteiger partial charge in [-0.1, -0.05) is 29.8 Å². The van der Waals surface area contributed by atoms with Crippen molar-refractivity contribution in [1.82, 2.24) is 4.90 Å². The summed E-state index contributed by atoms with van der Waals surface area (Å²) < 4.78 is 11.2. The average Bonchev–Trinajstić information content (AvgIpc) is 3.16. The number of carbonyl (C=O) groups excluding carboxylic acids is 2. The molecular formula is C22H22N2O4. The highest BCUT2D eigenvalue weighted by molar-refractivity contribution is 6.06. The molecular weight excluding hydrogens is 356 g/mol. The SMILES string of the molecule is COC1=C2CC3=CC[C@@]24N(C(=O)O1)c1ccccc1[C@@]41CCN(CCC3)C1=O. The van der Waals surface area contributed by atoms with Crippen LogP contribution >= 0.6 is 0 Å². The van der Waals surface area contributed by atoms with Crippen LogP contribution in [0.4, 0.5) is 10.5 Å². The number of ether oxygens (including phenoxy) is 2. The summed E-state index contributed by atoms with van der Waals surface area (Å²) in [6.45, 7) is 1.50. The van der Waals surface area contributed by atoms with Crippen LogP contribution in [0.3, 0.4) is 0 Å². The lowest BCUT2D eigenvalue weighted by atomic mass is 9.58. The second-order valence-electron chi connectivity index (χ2n) is 8.35. The monoisotopic (exact) mass is 378 g/mol. The highest BCUT2D eigenvalue weighted by atomic mass is 16.7. The average molecular weight is 378 g/mol. The summed E-state index contributed by atoms with van der Waals surface area (Å²) in [5, 5.41) is 0. The van der Waals surface area contributed by atoms with Crippen LogP contribution in [0.2, 0.25) is 0 Å².